The van der Waals surface area contributed by atoms with Crippen molar-refractivity contribution in [3.05, 3.63) is 69.1 Å². The Morgan fingerprint density at radius 2 is 1.83 bits per heavy atom. The fraction of sp³-hybridized carbons (Fsp3) is 0.333. The molecule has 4 rings (SSSR count). The lowest BCUT2D eigenvalue weighted by Crippen LogP contribution is -2.30. The highest BCUT2D eigenvalue weighted by Gasteiger charge is 2.26. The van der Waals surface area contributed by atoms with Crippen LogP contribution in [0, 0.1) is 6.92 Å². The van der Waals surface area contributed by atoms with Gasteiger partial charge >= 0.3 is 0 Å². The molecule has 0 aliphatic heterocycles. The topological polar surface area (TPSA) is 69.6 Å². The summed E-state index contributed by atoms with van der Waals surface area (Å²) in [5, 5.41) is 4.17. The number of nitrogens with zero attached hydrogens (tertiary/aromatic N) is 1. The molecular formula is C24H26N2O4. The summed E-state index contributed by atoms with van der Waals surface area (Å²) in [6.45, 7) is 4.41. The van der Waals surface area contributed by atoms with Crippen LogP contribution in [0.1, 0.15) is 46.4 Å². The van der Waals surface area contributed by atoms with E-state index in [-0.39, 0.29) is 17.5 Å². The molecule has 2 aromatic carbocycles. The molecule has 156 valence electrons. The molecule has 30 heavy (non-hydrogen) atoms. The number of hydrogen-bond acceptors (Lipinski definition) is 4. The second-order valence-corrected chi connectivity index (χ2v) is 7.65. The summed E-state index contributed by atoms with van der Waals surface area (Å²) in [6.07, 6.45) is 3.45. The Morgan fingerprint density at radius 1 is 1.13 bits per heavy atom. The molecule has 1 aliphatic carbocycles. The van der Waals surface area contributed by atoms with Gasteiger partial charge in [0.2, 0.25) is 0 Å². The number of hydrogen-bond donors (Lipinski definition) is 1. The fourth-order valence-corrected chi connectivity index (χ4v) is 4.24. The first-order valence-electron chi connectivity index (χ1n) is 10.2. The van der Waals surface area contributed by atoms with Gasteiger partial charge < -0.3 is 19.4 Å². The van der Waals surface area contributed by atoms with Crippen molar-refractivity contribution in [2.24, 2.45) is 0 Å². The van der Waals surface area contributed by atoms with E-state index in [1.54, 1.807) is 22.9 Å². The quantitative estimate of drug-likeness (QED) is 0.700. The van der Waals surface area contributed by atoms with Crippen LogP contribution in [-0.4, -0.2) is 24.7 Å². The summed E-state index contributed by atoms with van der Waals surface area (Å²) in [7, 11) is 3.06. The number of amides is 1. The molecule has 6 nitrogen and oxygen atoms in total. The lowest BCUT2D eigenvalue weighted by atomic mass is 10.0. The average Bonchev–Trinajstić information content (AvgIpc) is 3.14. The summed E-state index contributed by atoms with van der Waals surface area (Å²) in [5.41, 5.74) is 3.92. The molecule has 1 N–H and O–H groups in total. The van der Waals surface area contributed by atoms with Gasteiger partial charge in [-0.25, -0.2) is 0 Å². The van der Waals surface area contributed by atoms with Crippen molar-refractivity contribution in [3.63, 3.8) is 0 Å². The van der Waals surface area contributed by atoms with E-state index in [0.29, 0.717) is 34.4 Å². The fourth-order valence-electron chi connectivity index (χ4n) is 4.24. The van der Waals surface area contributed by atoms with Crippen LogP contribution < -0.4 is 20.3 Å². The predicted octanol–water partition coefficient (Wildman–Crippen LogP) is 3.76. The first-order valence-corrected chi connectivity index (χ1v) is 10.2. The zero-order chi connectivity index (χ0) is 21.4. The molecule has 1 atom stereocenters. The number of fused-ring (bicyclic) bond motifs is 2. The molecule has 1 aliphatic rings. The molecule has 3 aromatic rings. The van der Waals surface area contributed by atoms with Gasteiger partial charge in [-0.3, -0.25) is 9.59 Å². The van der Waals surface area contributed by atoms with Crippen molar-refractivity contribution < 1.29 is 14.3 Å². The zero-order valence-electron chi connectivity index (χ0n) is 17.7. The summed E-state index contributed by atoms with van der Waals surface area (Å²) in [4.78, 5) is 26.2. The van der Waals surface area contributed by atoms with Gasteiger partial charge in [0.15, 0.2) is 11.5 Å². The number of carbonyl (C=O) groups is 1. The predicted molar refractivity (Wildman–Crippen MR) is 117 cm³/mol. The van der Waals surface area contributed by atoms with Crippen molar-refractivity contribution in [2.75, 3.05) is 14.2 Å². The van der Waals surface area contributed by atoms with Gasteiger partial charge in [0.1, 0.15) is 0 Å². The summed E-state index contributed by atoms with van der Waals surface area (Å²) >= 11 is 0. The second-order valence-electron chi connectivity index (χ2n) is 7.65. The Bertz CT molecular complexity index is 1200. The van der Waals surface area contributed by atoms with Crippen molar-refractivity contribution in [3.8, 4) is 11.5 Å². The van der Waals surface area contributed by atoms with E-state index in [9.17, 15) is 9.59 Å². The maximum atomic E-state index is 13.3. The van der Waals surface area contributed by atoms with Gasteiger partial charge in [-0.15, -0.1) is 0 Å². The molecule has 0 fully saturated rings. The van der Waals surface area contributed by atoms with E-state index >= 15 is 0 Å². The lowest BCUT2D eigenvalue weighted by Gasteiger charge is -2.17. The molecule has 1 heterocycles. The van der Waals surface area contributed by atoms with Gasteiger partial charge in [0, 0.05) is 18.1 Å². The second kappa shape index (κ2) is 7.86. The highest BCUT2D eigenvalue weighted by Crippen LogP contribution is 2.34. The minimum Gasteiger partial charge on any atom is -0.493 e. The number of aryl methyl sites for hydroxylation is 3. The van der Waals surface area contributed by atoms with Crippen LogP contribution in [0.5, 0.6) is 11.5 Å². The normalized spacial score (nSPS) is 15.1. The minimum absolute atomic E-state index is 0.0374. The van der Waals surface area contributed by atoms with E-state index < -0.39 is 0 Å². The molecule has 1 amide bonds. The third-order valence-corrected chi connectivity index (χ3v) is 5.86. The number of nitrogens with one attached hydrogen (secondary N) is 1. The Kier molecular flexibility index (Phi) is 5.24. The van der Waals surface area contributed by atoms with Crippen LogP contribution in [0.4, 0.5) is 0 Å². The van der Waals surface area contributed by atoms with Gasteiger partial charge in [-0.2, -0.15) is 0 Å². The van der Waals surface area contributed by atoms with E-state index in [0.717, 1.165) is 12.8 Å². The molecule has 0 bridgehead atoms. The third kappa shape index (κ3) is 3.32. The van der Waals surface area contributed by atoms with Crippen molar-refractivity contribution in [1.82, 2.24) is 9.88 Å². The van der Waals surface area contributed by atoms with Gasteiger partial charge in [0.05, 0.1) is 31.2 Å². The summed E-state index contributed by atoms with van der Waals surface area (Å²) < 4.78 is 12.3. The van der Waals surface area contributed by atoms with Crippen LogP contribution in [0.2, 0.25) is 0 Å². The maximum Gasteiger partial charge on any atom is 0.258 e. The average molecular weight is 406 g/mol. The highest BCUT2D eigenvalue weighted by molar-refractivity contribution is 6.07. The largest absolute Gasteiger partial charge is 0.493 e. The van der Waals surface area contributed by atoms with Gasteiger partial charge in [0.25, 0.3) is 11.5 Å². The Balaban J connectivity index is 1.80. The van der Waals surface area contributed by atoms with Crippen molar-refractivity contribution in [1.29, 1.82) is 0 Å². The Labute approximate surface area is 175 Å². The highest BCUT2D eigenvalue weighted by atomic mass is 16.5. The molecule has 0 saturated carbocycles. The number of ether oxygens (including phenoxy) is 2. The Hall–Kier alpha value is -3.28. The number of aromatic nitrogens is 1. The standard InChI is InChI=1S/C24H26N2O4/c1-5-26-13-19(17-11-21(29-3)22(30-4)12-18(17)24(26)28)23(27)25-20-9-8-15-7-6-14(2)10-16(15)20/h6-7,10-13,20H,5,8-9H2,1-4H3,(H,25,27). The minimum atomic E-state index is -0.200. The SMILES string of the molecule is CCn1cc(C(=O)NC2CCc3ccc(C)cc32)c2cc(OC)c(OC)cc2c1=O. The van der Waals surface area contributed by atoms with E-state index in [1.807, 2.05) is 6.92 Å². The van der Waals surface area contributed by atoms with Crippen LogP contribution in [0.15, 0.2) is 41.3 Å². The van der Waals surface area contributed by atoms with Crippen LogP contribution in [-0.2, 0) is 13.0 Å². The molecule has 0 spiro atoms. The van der Waals surface area contributed by atoms with Crippen molar-refractivity contribution in [2.45, 2.75) is 39.3 Å². The number of benzene rings is 2. The first kappa shape index (κ1) is 20.0. The maximum absolute atomic E-state index is 13.3. The van der Waals surface area contributed by atoms with E-state index in [4.69, 9.17) is 9.47 Å². The van der Waals surface area contributed by atoms with Crippen molar-refractivity contribution >= 4 is 16.7 Å². The van der Waals surface area contributed by atoms with Crippen LogP contribution in [0.3, 0.4) is 0 Å². The number of carbonyl (C=O) groups excluding carboxylic acids is 1. The molecular weight excluding hydrogens is 380 g/mol. The first-order chi connectivity index (χ1) is 14.5. The zero-order valence-corrected chi connectivity index (χ0v) is 17.7. The smallest absolute Gasteiger partial charge is 0.258 e. The summed E-state index contributed by atoms with van der Waals surface area (Å²) in [6, 6.07) is 9.70. The molecule has 1 unspecified atom stereocenters. The number of rotatable bonds is 5. The van der Waals surface area contributed by atoms with Crippen LogP contribution >= 0.6 is 0 Å². The lowest BCUT2D eigenvalue weighted by molar-refractivity contribution is 0.0937. The summed E-state index contributed by atoms with van der Waals surface area (Å²) in [5.74, 6) is 0.741. The molecule has 1 aromatic heterocycles. The monoisotopic (exact) mass is 406 g/mol. The van der Waals surface area contributed by atoms with Gasteiger partial charge in [-0.1, -0.05) is 23.8 Å². The van der Waals surface area contributed by atoms with Gasteiger partial charge in [-0.05, 0) is 49.9 Å². The molecule has 0 saturated heterocycles. The van der Waals surface area contributed by atoms with E-state index in [1.165, 1.54) is 30.9 Å². The molecule has 6 heteroatoms. The Morgan fingerprint density at radius 3 is 2.50 bits per heavy atom. The number of methoxy groups -OCH3 is 2. The van der Waals surface area contributed by atoms with Crippen LogP contribution in [0.25, 0.3) is 10.8 Å². The number of pyridine rings is 1. The third-order valence-electron chi connectivity index (χ3n) is 5.86. The van der Waals surface area contributed by atoms with E-state index in [2.05, 4.69) is 30.4 Å². The molecule has 0 radical (unpaired) electrons.